The lowest BCUT2D eigenvalue weighted by Crippen LogP contribution is -2.37. The minimum atomic E-state index is -5.08. The van der Waals surface area contributed by atoms with Crippen LogP contribution in [0.2, 0.25) is 0 Å². The molecule has 9 heteroatoms. The molecule has 0 bridgehead atoms. The Morgan fingerprint density at radius 1 is 1.09 bits per heavy atom. The summed E-state index contributed by atoms with van der Waals surface area (Å²) in [4.78, 5) is 15.3. The van der Waals surface area contributed by atoms with E-state index in [0.717, 1.165) is 48.0 Å². The molecule has 0 aliphatic carbocycles. The second-order valence-electron chi connectivity index (χ2n) is 7.37. The number of hydrogen-bond acceptors (Lipinski definition) is 4. The smallest absolute Gasteiger partial charge is 0.490 e. The van der Waals surface area contributed by atoms with Crippen LogP contribution in [0.4, 0.5) is 17.6 Å². The monoisotopic (exact) mass is 450 g/mol. The Morgan fingerprint density at radius 2 is 1.78 bits per heavy atom. The predicted molar refractivity (Wildman–Crippen MR) is 111 cm³/mol. The Bertz CT molecular complexity index is 1050. The van der Waals surface area contributed by atoms with E-state index in [-0.39, 0.29) is 11.9 Å². The van der Waals surface area contributed by atoms with Crippen LogP contribution in [0, 0.1) is 5.82 Å². The maximum Gasteiger partial charge on any atom is 0.490 e. The fraction of sp³-hybridized carbons (Fsp3) is 0.304. The highest BCUT2D eigenvalue weighted by atomic mass is 19.4. The van der Waals surface area contributed by atoms with Crippen LogP contribution in [0.25, 0.3) is 10.8 Å². The first-order valence-electron chi connectivity index (χ1n) is 9.98. The molecule has 0 radical (unpaired) electrons. The number of halogens is 4. The average molecular weight is 450 g/mol. The van der Waals surface area contributed by atoms with E-state index in [9.17, 15) is 17.6 Å². The topological polar surface area (TPSA) is 62.7 Å². The van der Waals surface area contributed by atoms with Gasteiger partial charge < -0.3 is 9.84 Å². The summed E-state index contributed by atoms with van der Waals surface area (Å²) in [7, 11) is 0. The first-order chi connectivity index (χ1) is 15.2. The van der Waals surface area contributed by atoms with Gasteiger partial charge in [0.25, 0.3) is 0 Å². The molecule has 2 heterocycles. The Kier molecular flexibility index (Phi) is 7.63. The van der Waals surface area contributed by atoms with Crippen LogP contribution in [0.5, 0.6) is 5.75 Å². The van der Waals surface area contributed by atoms with E-state index in [1.165, 1.54) is 6.07 Å². The molecule has 2 aromatic carbocycles. The number of piperidine rings is 1. The summed E-state index contributed by atoms with van der Waals surface area (Å²) in [5.41, 5.74) is 0.769. The molecule has 0 spiro atoms. The SMILES string of the molecule is Fc1ccccc1CN1CCC(Oc2ccc3cnccc3c2)CC1.O=C(O)C(F)(F)F. The van der Waals surface area contributed by atoms with Crippen LogP contribution < -0.4 is 4.74 Å². The molecular formula is C23H22F4N2O3. The summed E-state index contributed by atoms with van der Waals surface area (Å²) < 4.78 is 51.7. The molecule has 4 rings (SSSR count). The van der Waals surface area contributed by atoms with Crippen LogP contribution in [0.1, 0.15) is 18.4 Å². The van der Waals surface area contributed by atoms with Crippen LogP contribution in [-0.4, -0.2) is 46.3 Å². The summed E-state index contributed by atoms with van der Waals surface area (Å²) >= 11 is 0. The third-order valence-corrected chi connectivity index (χ3v) is 5.04. The molecule has 1 aromatic heterocycles. The van der Waals surface area contributed by atoms with E-state index in [0.29, 0.717) is 6.54 Å². The van der Waals surface area contributed by atoms with Gasteiger partial charge in [0.05, 0.1) is 0 Å². The van der Waals surface area contributed by atoms with Gasteiger partial charge in [-0.3, -0.25) is 9.88 Å². The molecule has 170 valence electrons. The van der Waals surface area contributed by atoms with Gasteiger partial charge in [-0.2, -0.15) is 13.2 Å². The third-order valence-electron chi connectivity index (χ3n) is 5.04. The predicted octanol–water partition coefficient (Wildman–Crippen LogP) is 5.05. The van der Waals surface area contributed by atoms with Gasteiger partial charge in [0.1, 0.15) is 17.7 Å². The van der Waals surface area contributed by atoms with Gasteiger partial charge in [-0.25, -0.2) is 9.18 Å². The average Bonchev–Trinajstić information content (AvgIpc) is 2.76. The molecular weight excluding hydrogens is 428 g/mol. The standard InChI is InChI=1S/C21H21FN2O.C2HF3O2/c22-21-4-2-1-3-18(21)15-24-11-8-19(9-12-24)25-20-6-5-17-14-23-10-7-16(17)13-20;3-2(4,5)1(6)7/h1-7,10,13-14,19H,8-9,11-12,15H2;(H,6,7). The zero-order valence-electron chi connectivity index (χ0n) is 17.1. The number of fused-ring (bicyclic) bond motifs is 1. The number of pyridine rings is 1. The molecule has 1 aliphatic heterocycles. The maximum absolute atomic E-state index is 13.8. The number of carboxylic acid groups (broad SMARTS) is 1. The summed E-state index contributed by atoms with van der Waals surface area (Å²) in [5, 5.41) is 9.39. The summed E-state index contributed by atoms with van der Waals surface area (Å²) in [6.07, 6.45) is 0.718. The highest BCUT2D eigenvalue weighted by molar-refractivity contribution is 5.82. The molecule has 0 amide bonds. The van der Waals surface area contributed by atoms with Crippen LogP contribution in [-0.2, 0) is 11.3 Å². The Morgan fingerprint density at radius 3 is 2.44 bits per heavy atom. The van der Waals surface area contributed by atoms with E-state index >= 15 is 0 Å². The number of aliphatic carboxylic acids is 1. The van der Waals surface area contributed by atoms with Crippen molar-refractivity contribution in [3.63, 3.8) is 0 Å². The molecule has 1 N–H and O–H groups in total. The number of benzene rings is 2. The number of alkyl halides is 3. The minimum absolute atomic E-state index is 0.119. The molecule has 0 unspecified atom stereocenters. The van der Waals surface area contributed by atoms with Crippen molar-refractivity contribution in [2.75, 3.05) is 13.1 Å². The van der Waals surface area contributed by atoms with Crippen molar-refractivity contribution in [3.05, 3.63) is 72.3 Å². The van der Waals surface area contributed by atoms with Crippen molar-refractivity contribution in [3.8, 4) is 5.75 Å². The molecule has 32 heavy (non-hydrogen) atoms. The largest absolute Gasteiger partial charge is 0.490 e. The minimum Gasteiger partial charge on any atom is -0.490 e. The summed E-state index contributed by atoms with van der Waals surface area (Å²) in [6.45, 7) is 2.52. The van der Waals surface area contributed by atoms with Gasteiger partial charge >= 0.3 is 12.1 Å². The van der Waals surface area contributed by atoms with Crippen molar-refractivity contribution < 1.29 is 32.2 Å². The van der Waals surface area contributed by atoms with E-state index < -0.39 is 12.1 Å². The highest BCUT2D eigenvalue weighted by Crippen LogP contribution is 2.24. The second kappa shape index (κ2) is 10.4. The lowest BCUT2D eigenvalue weighted by atomic mass is 10.1. The molecule has 3 aromatic rings. The molecule has 1 saturated heterocycles. The van der Waals surface area contributed by atoms with Crippen molar-refractivity contribution in [1.82, 2.24) is 9.88 Å². The summed E-state index contributed by atoms with van der Waals surface area (Å²) in [5.74, 6) is -1.97. The van der Waals surface area contributed by atoms with E-state index in [1.807, 2.05) is 36.5 Å². The van der Waals surface area contributed by atoms with Gasteiger partial charge in [-0.05, 0) is 48.6 Å². The van der Waals surface area contributed by atoms with Gasteiger partial charge in [0.15, 0.2) is 0 Å². The fourth-order valence-corrected chi connectivity index (χ4v) is 3.38. The van der Waals surface area contributed by atoms with E-state index in [2.05, 4.69) is 16.0 Å². The Balaban J connectivity index is 0.000000360. The number of carboxylic acids is 1. The van der Waals surface area contributed by atoms with Crippen molar-refractivity contribution in [2.45, 2.75) is 31.7 Å². The number of hydrogen-bond donors (Lipinski definition) is 1. The molecule has 5 nitrogen and oxygen atoms in total. The Hall–Kier alpha value is -3.20. The first-order valence-corrected chi connectivity index (χ1v) is 9.98. The lowest BCUT2D eigenvalue weighted by molar-refractivity contribution is -0.192. The second-order valence-corrected chi connectivity index (χ2v) is 7.37. The molecule has 0 atom stereocenters. The zero-order chi connectivity index (χ0) is 23.1. The third kappa shape index (κ3) is 6.65. The van der Waals surface area contributed by atoms with Crippen LogP contribution in [0.15, 0.2) is 60.9 Å². The van der Waals surface area contributed by atoms with Gasteiger partial charge in [0, 0.05) is 43.0 Å². The number of carbonyl (C=O) groups is 1. The van der Waals surface area contributed by atoms with Gasteiger partial charge in [-0.15, -0.1) is 0 Å². The number of ether oxygens (including phenoxy) is 1. The zero-order valence-corrected chi connectivity index (χ0v) is 17.1. The van der Waals surface area contributed by atoms with Crippen LogP contribution >= 0.6 is 0 Å². The number of likely N-dealkylation sites (tertiary alicyclic amines) is 1. The van der Waals surface area contributed by atoms with E-state index in [4.69, 9.17) is 14.6 Å². The van der Waals surface area contributed by atoms with Gasteiger partial charge in [-0.1, -0.05) is 18.2 Å². The lowest BCUT2D eigenvalue weighted by Gasteiger charge is -2.32. The van der Waals surface area contributed by atoms with Gasteiger partial charge in [0.2, 0.25) is 0 Å². The maximum atomic E-state index is 13.8. The molecule has 1 fully saturated rings. The molecule has 0 saturated carbocycles. The number of rotatable bonds is 4. The van der Waals surface area contributed by atoms with Crippen molar-refractivity contribution >= 4 is 16.7 Å². The molecule has 1 aliphatic rings. The number of nitrogens with zero attached hydrogens (tertiary/aromatic N) is 2. The summed E-state index contributed by atoms with van der Waals surface area (Å²) in [6, 6.07) is 15.1. The first kappa shape index (κ1) is 23.5. The highest BCUT2D eigenvalue weighted by Gasteiger charge is 2.38. The van der Waals surface area contributed by atoms with E-state index in [1.54, 1.807) is 12.3 Å². The van der Waals surface area contributed by atoms with Crippen molar-refractivity contribution in [2.24, 2.45) is 0 Å². The normalized spacial score (nSPS) is 15.1. The quantitative estimate of drug-likeness (QED) is 0.564. The van der Waals surface area contributed by atoms with Crippen LogP contribution in [0.3, 0.4) is 0 Å². The fourth-order valence-electron chi connectivity index (χ4n) is 3.38. The Labute approximate surface area is 182 Å². The number of aromatic nitrogens is 1. The van der Waals surface area contributed by atoms with Crippen molar-refractivity contribution in [1.29, 1.82) is 0 Å².